The van der Waals surface area contributed by atoms with Crippen LogP contribution in [0.3, 0.4) is 0 Å². The van der Waals surface area contributed by atoms with Crippen molar-refractivity contribution in [2.45, 2.75) is 71.6 Å². The van der Waals surface area contributed by atoms with Crippen LogP contribution in [0.1, 0.15) is 76.3 Å². The Hall–Kier alpha value is -1.84. The Balaban J connectivity index is 2.32. The van der Waals surface area contributed by atoms with E-state index in [0.717, 1.165) is 12.0 Å². The highest BCUT2D eigenvalue weighted by Crippen LogP contribution is 2.13. The third-order valence-electron chi connectivity index (χ3n) is 4.14. The fourth-order valence-electron chi connectivity index (χ4n) is 2.68. The van der Waals surface area contributed by atoms with Gasteiger partial charge in [-0.25, -0.2) is 0 Å². The predicted octanol–water partition coefficient (Wildman–Crippen LogP) is 5.40. The zero-order valence-electron chi connectivity index (χ0n) is 14.5. The Morgan fingerprint density at radius 2 is 1.39 bits per heavy atom. The van der Waals surface area contributed by atoms with Crippen LogP contribution in [-0.2, 0) is 6.42 Å². The number of hydrogen-bond donors (Lipinski definition) is 2. The van der Waals surface area contributed by atoms with Gasteiger partial charge in [-0.15, -0.1) is 0 Å². The molecule has 0 fully saturated rings. The number of benzene rings is 1. The molecule has 0 amide bonds. The molecule has 4 heteroatoms. The maximum absolute atomic E-state index is 9.02. The van der Waals surface area contributed by atoms with Gasteiger partial charge in [0.2, 0.25) is 0 Å². The minimum absolute atomic E-state index is 0.295. The second-order valence-corrected chi connectivity index (χ2v) is 6.06. The van der Waals surface area contributed by atoms with Crippen molar-refractivity contribution in [3.8, 4) is 0 Å². The molecule has 23 heavy (non-hydrogen) atoms. The highest BCUT2D eigenvalue weighted by molar-refractivity contribution is 6.47. The molecule has 0 aromatic heterocycles. The van der Waals surface area contributed by atoms with Crippen molar-refractivity contribution in [3.05, 3.63) is 35.4 Å². The third kappa shape index (κ3) is 7.31. The predicted molar refractivity (Wildman–Crippen MR) is 96.0 cm³/mol. The third-order valence-corrected chi connectivity index (χ3v) is 4.14. The van der Waals surface area contributed by atoms with Crippen molar-refractivity contribution in [1.29, 1.82) is 0 Å². The zero-order chi connectivity index (χ0) is 16.9. The standard InChI is InChI=1S/C19H30N2O2/c1-3-4-5-6-7-8-9-10-11-17-12-14-18(15-13-17)19(21-23)16(2)20-22/h12-15,22-23H,3-11H2,1-2H3/b20-16+,21-19-. The first-order valence-electron chi connectivity index (χ1n) is 8.73. The molecule has 0 aliphatic heterocycles. The fourth-order valence-corrected chi connectivity index (χ4v) is 2.68. The van der Waals surface area contributed by atoms with E-state index in [0.29, 0.717) is 11.4 Å². The van der Waals surface area contributed by atoms with Crippen LogP contribution in [0.25, 0.3) is 0 Å². The van der Waals surface area contributed by atoms with Crippen molar-refractivity contribution >= 4 is 11.4 Å². The maximum atomic E-state index is 9.02. The molecule has 0 spiro atoms. The highest BCUT2D eigenvalue weighted by atomic mass is 16.4. The molecular weight excluding hydrogens is 288 g/mol. The average molecular weight is 318 g/mol. The quantitative estimate of drug-likeness (QED) is 0.248. The van der Waals surface area contributed by atoms with E-state index < -0.39 is 0 Å². The van der Waals surface area contributed by atoms with Crippen LogP contribution in [0, 0.1) is 0 Å². The Labute approximate surface area is 139 Å². The van der Waals surface area contributed by atoms with Crippen molar-refractivity contribution in [1.82, 2.24) is 0 Å². The molecule has 0 unspecified atom stereocenters. The largest absolute Gasteiger partial charge is 0.411 e. The van der Waals surface area contributed by atoms with Gasteiger partial charge < -0.3 is 10.4 Å². The van der Waals surface area contributed by atoms with Gasteiger partial charge >= 0.3 is 0 Å². The first kappa shape index (κ1) is 19.2. The lowest BCUT2D eigenvalue weighted by Gasteiger charge is -2.06. The molecule has 0 saturated carbocycles. The van der Waals surface area contributed by atoms with Crippen LogP contribution < -0.4 is 0 Å². The van der Waals surface area contributed by atoms with Gasteiger partial charge in [0.05, 0.1) is 0 Å². The number of nitrogens with zero attached hydrogens (tertiary/aromatic N) is 2. The molecule has 2 N–H and O–H groups in total. The number of unbranched alkanes of at least 4 members (excludes halogenated alkanes) is 7. The summed E-state index contributed by atoms with van der Waals surface area (Å²) in [6.45, 7) is 3.85. The van der Waals surface area contributed by atoms with Gasteiger partial charge in [0.1, 0.15) is 11.4 Å². The second kappa shape index (κ2) is 11.7. The highest BCUT2D eigenvalue weighted by Gasteiger charge is 2.08. The first-order chi connectivity index (χ1) is 11.2. The van der Waals surface area contributed by atoms with E-state index in [1.165, 1.54) is 56.9 Å². The van der Waals surface area contributed by atoms with Crippen LogP contribution in [-0.4, -0.2) is 21.8 Å². The van der Waals surface area contributed by atoms with Crippen LogP contribution in [0.4, 0.5) is 0 Å². The number of hydrogen-bond acceptors (Lipinski definition) is 4. The van der Waals surface area contributed by atoms with Gasteiger partial charge in [0.25, 0.3) is 0 Å². The molecule has 0 radical (unpaired) electrons. The molecule has 0 saturated heterocycles. The van der Waals surface area contributed by atoms with Gasteiger partial charge in [-0.3, -0.25) is 0 Å². The van der Waals surface area contributed by atoms with Crippen LogP contribution in [0.2, 0.25) is 0 Å². The molecular formula is C19H30N2O2. The lowest BCUT2D eigenvalue weighted by Crippen LogP contribution is -2.12. The summed E-state index contributed by atoms with van der Waals surface area (Å²) in [6.07, 6.45) is 11.7. The van der Waals surface area contributed by atoms with Crippen LogP contribution >= 0.6 is 0 Å². The summed E-state index contributed by atoms with van der Waals surface area (Å²) in [5.41, 5.74) is 2.63. The monoisotopic (exact) mass is 318 g/mol. The first-order valence-corrected chi connectivity index (χ1v) is 8.73. The Morgan fingerprint density at radius 3 is 1.91 bits per heavy atom. The topological polar surface area (TPSA) is 65.2 Å². The Bertz CT molecular complexity index is 493. The van der Waals surface area contributed by atoms with E-state index in [-0.39, 0.29) is 0 Å². The van der Waals surface area contributed by atoms with Gasteiger partial charge in [-0.1, -0.05) is 86.4 Å². The van der Waals surface area contributed by atoms with Crippen molar-refractivity contribution in [2.24, 2.45) is 10.3 Å². The lowest BCUT2D eigenvalue weighted by atomic mass is 10.0. The minimum atomic E-state index is 0.295. The number of aryl methyl sites for hydroxylation is 1. The van der Waals surface area contributed by atoms with E-state index in [4.69, 9.17) is 10.4 Å². The summed E-state index contributed by atoms with van der Waals surface area (Å²) < 4.78 is 0. The minimum Gasteiger partial charge on any atom is -0.411 e. The molecule has 4 nitrogen and oxygen atoms in total. The summed E-state index contributed by atoms with van der Waals surface area (Å²) in [7, 11) is 0. The van der Waals surface area contributed by atoms with E-state index >= 15 is 0 Å². The smallest absolute Gasteiger partial charge is 0.134 e. The van der Waals surface area contributed by atoms with E-state index in [1.807, 2.05) is 24.3 Å². The number of rotatable bonds is 11. The van der Waals surface area contributed by atoms with Crippen LogP contribution in [0.5, 0.6) is 0 Å². The molecule has 1 aromatic rings. The molecule has 0 aliphatic carbocycles. The van der Waals surface area contributed by atoms with Crippen LogP contribution in [0.15, 0.2) is 34.6 Å². The lowest BCUT2D eigenvalue weighted by molar-refractivity contribution is 0.314. The average Bonchev–Trinajstić information content (AvgIpc) is 2.59. The summed E-state index contributed by atoms with van der Waals surface area (Å²) in [6, 6.07) is 7.91. The summed E-state index contributed by atoms with van der Waals surface area (Å²) in [4.78, 5) is 0. The van der Waals surface area contributed by atoms with Gasteiger partial charge in [0.15, 0.2) is 0 Å². The molecule has 0 bridgehead atoms. The van der Waals surface area contributed by atoms with Crippen molar-refractivity contribution < 1.29 is 10.4 Å². The molecule has 0 heterocycles. The Morgan fingerprint density at radius 1 is 0.826 bits per heavy atom. The normalized spacial score (nSPS) is 12.6. The van der Waals surface area contributed by atoms with E-state index in [9.17, 15) is 0 Å². The molecule has 0 atom stereocenters. The second-order valence-electron chi connectivity index (χ2n) is 6.06. The number of oxime groups is 2. The SMILES string of the molecule is CCCCCCCCCCc1ccc(C(=N\O)/C(C)=N/O)cc1. The summed E-state index contributed by atoms with van der Waals surface area (Å²) in [5, 5.41) is 24.1. The fraction of sp³-hybridized carbons (Fsp3) is 0.579. The molecule has 1 aromatic carbocycles. The summed E-state index contributed by atoms with van der Waals surface area (Å²) in [5.74, 6) is 0. The Kier molecular flexibility index (Phi) is 9.76. The van der Waals surface area contributed by atoms with Gasteiger partial charge in [-0.05, 0) is 25.3 Å². The maximum Gasteiger partial charge on any atom is 0.134 e. The van der Waals surface area contributed by atoms with Crippen molar-refractivity contribution in [3.63, 3.8) is 0 Å². The molecule has 1 rings (SSSR count). The molecule has 0 aliphatic rings. The van der Waals surface area contributed by atoms with Crippen molar-refractivity contribution in [2.75, 3.05) is 0 Å². The van der Waals surface area contributed by atoms with Gasteiger partial charge in [-0.2, -0.15) is 0 Å². The van der Waals surface area contributed by atoms with Gasteiger partial charge in [0, 0.05) is 5.56 Å². The van der Waals surface area contributed by atoms with E-state index in [1.54, 1.807) is 6.92 Å². The van der Waals surface area contributed by atoms with E-state index in [2.05, 4.69) is 17.2 Å². The molecule has 128 valence electrons. The zero-order valence-corrected chi connectivity index (χ0v) is 14.5. The summed E-state index contributed by atoms with van der Waals surface area (Å²) >= 11 is 0.